The number of para-hydroxylation sites is 1. The molecule has 0 saturated heterocycles. The van der Waals surface area contributed by atoms with E-state index >= 15 is 0 Å². The van der Waals surface area contributed by atoms with E-state index in [9.17, 15) is 14.9 Å². The second kappa shape index (κ2) is 6.76. The fraction of sp³-hybridized carbons (Fsp3) is 0. The molecule has 106 valence electrons. The van der Waals surface area contributed by atoms with Crippen molar-refractivity contribution in [2.75, 3.05) is 0 Å². The molecule has 1 N–H and O–H groups in total. The Morgan fingerprint density at radius 3 is 2.52 bits per heavy atom. The standard InChI is InChI=1S/C14H10BrN3O3/c15-11-7-5-10(6-8-11)9-16-17-14(19)12-3-1-2-4-13(12)18(20)21/h1-9H,(H,17,19)/b16-9-. The van der Waals surface area contributed by atoms with Crippen LogP contribution in [0.4, 0.5) is 5.69 Å². The van der Waals surface area contributed by atoms with E-state index < -0.39 is 10.8 Å². The maximum Gasteiger partial charge on any atom is 0.282 e. The molecule has 6 nitrogen and oxygen atoms in total. The number of halogens is 1. The number of benzene rings is 2. The molecule has 2 aromatic carbocycles. The third kappa shape index (κ3) is 3.96. The van der Waals surface area contributed by atoms with Gasteiger partial charge in [-0.15, -0.1) is 0 Å². The summed E-state index contributed by atoms with van der Waals surface area (Å²) in [5.74, 6) is -0.629. The quantitative estimate of drug-likeness (QED) is 0.523. The lowest BCUT2D eigenvalue weighted by Crippen LogP contribution is -2.18. The molecular weight excluding hydrogens is 338 g/mol. The number of nitrogens with zero attached hydrogens (tertiary/aromatic N) is 2. The van der Waals surface area contributed by atoms with Crippen LogP contribution in [0.2, 0.25) is 0 Å². The van der Waals surface area contributed by atoms with Gasteiger partial charge in [0, 0.05) is 10.5 Å². The molecule has 7 heteroatoms. The monoisotopic (exact) mass is 347 g/mol. The van der Waals surface area contributed by atoms with Crippen molar-refractivity contribution in [2.45, 2.75) is 0 Å². The van der Waals surface area contributed by atoms with Crippen LogP contribution in [-0.4, -0.2) is 17.0 Å². The summed E-state index contributed by atoms with van der Waals surface area (Å²) in [6, 6.07) is 13.0. The van der Waals surface area contributed by atoms with E-state index in [-0.39, 0.29) is 11.3 Å². The summed E-state index contributed by atoms with van der Waals surface area (Å²) < 4.78 is 0.934. The van der Waals surface area contributed by atoms with Crippen LogP contribution in [-0.2, 0) is 0 Å². The SMILES string of the molecule is O=C(N/N=C\c1ccc(Br)cc1)c1ccccc1[N+](=O)[O-]. The highest BCUT2D eigenvalue weighted by Crippen LogP contribution is 2.17. The summed E-state index contributed by atoms with van der Waals surface area (Å²) in [6.45, 7) is 0. The van der Waals surface area contributed by atoms with Crippen LogP contribution in [0.3, 0.4) is 0 Å². The van der Waals surface area contributed by atoms with Gasteiger partial charge in [0.05, 0.1) is 11.1 Å². The van der Waals surface area contributed by atoms with Crippen molar-refractivity contribution in [3.8, 4) is 0 Å². The topological polar surface area (TPSA) is 84.6 Å². The summed E-state index contributed by atoms with van der Waals surface area (Å²) >= 11 is 3.31. The molecule has 0 atom stereocenters. The molecule has 0 unspecified atom stereocenters. The molecule has 0 aromatic heterocycles. The van der Waals surface area contributed by atoms with Crippen molar-refractivity contribution in [3.05, 3.63) is 74.2 Å². The number of nitro groups is 1. The second-order valence-electron chi connectivity index (χ2n) is 4.02. The van der Waals surface area contributed by atoms with Crippen LogP contribution in [0.1, 0.15) is 15.9 Å². The molecule has 21 heavy (non-hydrogen) atoms. The van der Waals surface area contributed by atoms with Crippen molar-refractivity contribution in [1.29, 1.82) is 0 Å². The first kappa shape index (κ1) is 14.9. The van der Waals surface area contributed by atoms with Crippen LogP contribution in [0.15, 0.2) is 58.1 Å². The molecule has 0 aliphatic carbocycles. The second-order valence-corrected chi connectivity index (χ2v) is 4.94. The summed E-state index contributed by atoms with van der Waals surface area (Å²) in [7, 11) is 0. The zero-order chi connectivity index (χ0) is 15.2. The van der Waals surface area contributed by atoms with E-state index in [4.69, 9.17) is 0 Å². The molecule has 2 rings (SSSR count). The number of hydrogen-bond acceptors (Lipinski definition) is 4. The van der Waals surface area contributed by atoms with Gasteiger partial charge in [0.25, 0.3) is 11.6 Å². The zero-order valence-electron chi connectivity index (χ0n) is 10.7. The lowest BCUT2D eigenvalue weighted by molar-refractivity contribution is -0.385. The predicted octanol–water partition coefficient (Wildman–Crippen LogP) is 3.12. The minimum Gasteiger partial charge on any atom is -0.267 e. The van der Waals surface area contributed by atoms with Gasteiger partial charge in [-0.25, -0.2) is 5.43 Å². The minimum absolute atomic E-state index is 0.0320. The van der Waals surface area contributed by atoms with Gasteiger partial charge in [0.1, 0.15) is 5.56 Å². The van der Waals surface area contributed by atoms with Crippen LogP contribution in [0.25, 0.3) is 0 Å². The first-order valence-corrected chi connectivity index (χ1v) is 6.69. The lowest BCUT2D eigenvalue weighted by Gasteiger charge is -2.01. The van der Waals surface area contributed by atoms with Gasteiger partial charge in [-0.3, -0.25) is 14.9 Å². The first-order valence-electron chi connectivity index (χ1n) is 5.90. The van der Waals surface area contributed by atoms with E-state index in [0.717, 1.165) is 10.0 Å². The summed E-state index contributed by atoms with van der Waals surface area (Å²) in [5, 5.41) is 14.6. The van der Waals surface area contributed by atoms with E-state index in [2.05, 4.69) is 26.5 Å². The molecule has 0 saturated carbocycles. The average molecular weight is 348 g/mol. The van der Waals surface area contributed by atoms with E-state index in [0.29, 0.717) is 0 Å². The number of carbonyl (C=O) groups is 1. The van der Waals surface area contributed by atoms with E-state index in [1.54, 1.807) is 6.07 Å². The van der Waals surface area contributed by atoms with E-state index in [1.165, 1.54) is 24.4 Å². The fourth-order valence-electron chi connectivity index (χ4n) is 1.60. The summed E-state index contributed by atoms with van der Waals surface area (Å²) in [4.78, 5) is 22.1. The Morgan fingerprint density at radius 1 is 1.19 bits per heavy atom. The van der Waals surface area contributed by atoms with Crippen molar-refractivity contribution in [2.24, 2.45) is 5.10 Å². The van der Waals surface area contributed by atoms with Crippen molar-refractivity contribution in [3.63, 3.8) is 0 Å². The number of hydrazone groups is 1. The molecule has 2 aromatic rings. The fourth-order valence-corrected chi connectivity index (χ4v) is 1.86. The molecule has 0 bridgehead atoms. The Kier molecular flexibility index (Phi) is 4.78. The molecule has 0 fully saturated rings. The highest BCUT2D eigenvalue weighted by Gasteiger charge is 2.18. The maximum absolute atomic E-state index is 11.9. The minimum atomic E-state index is -0.629. The van der Waals surface area contributed by atoms with E-state index in [1.807, 2.05) is 24.3 Å². The number of amides is 1. The van der Waals surface area contributed by atoms with Crippen LogP contribution in [0, 0.1) is 10.1 Å². The maximum atomic E-state index is 11.9. The number of hydrogen-bond donors (Lipinski definition) is 1. The van der Waals surface area contributed by atoms with Gasteiger partial charge in [-0.2, -0.15) is 5.10 Å². The van der Waals surface area contributed by atoms with Crippen LogP contribution >= 0.6 is 15.9 Å². The van der Waals surface area contributed by atoms with Gasteiger partial charge in [-0.05, 0) is 23.8 Å². The normalized spacial score (nSPS) is 10.5. The van der Waals surface area contributed by atoms with Crippen molar-refractivity contribution >= 4 is 33.7 Å². The Balaban J connectivity index is 2.08. The molecular formula is C14H10BrN3O3. The van der Waals surface area contributed by atoms with Gasteiger partial charge in [-0.1, -0.05) is 40.2 Å². The molecule has 0 aliphatic rings. The lowest BCUT2D eigenvalue weighted by atomic mass is 10.2. The molecule has 0 heterocycles. The highest BCUT2D eigenvalue weighted by molar-refractivity contribution is 9.10. The van der Waals surface area contributed by atoms with Crippen LogP contribution < -0.4 is 5.43 Å². The van der Waals surface area contributed by atoms with Gasteiger partial charge in [0.2, 0.25) is 0 Å². The molecule has 0 radical (unpaired) electrons. The van der Waals surface area contributed by atoms with Gasteiger partial charge in [0.15, 0.2) is 0 Å². The first-order chi connectivity index (χ1) is 10.1. The Morgan fingerprint density at radius 2 is 1.86 bits per heavy atom. The third-order valence-electron chi connectivity index (χ3n) is 2.60. The Labute approximate surface area is 128 Å². The number of nitro benzene ring substituents is 1. The average Bonchev–Trinajstić information content (AvgIpc) is 2.49. The van der Waals surface area contributed by atoms with Crippen molar-refractivity contribution in [1.82, 2.24) is 5.43 Å². The van der Waals surface area contributed by atoms with Crippen molar-refractivity contribution < 1.29 is 9.72 Å². The zero-order valence-corrected chi connectivity index (χ0v) is 12.3. The van der Waals surface area contributed by atoms with Gasteiger partial charge < -0.3 is 0 Å². The predicted molar refractivity (Wildman–Crippen MR) is 82.3 cm³/mol. The Bertz CT molecular complexity index is 699. The largest absolute Gasteiger partial charge is 0.282 e. The number of rotatable bonds is 4. The smallest absolute Gasteiger partial charge is 0.267 e. The highest BCUT2D eigenvalue weighted by atomic mass is 79.9. The summed E-state index contributed by atoms with van der Waals surface area (Å²) in [5.41, 5.74) is 2.78. The third-order valence-corrected chi connectivity index (χ3v) is 3.12. The van der Waals surface area contributed by atoms with Crippen LogP contribution in [0.5, 0.6) is 0 Å². The number of carbonyl (C=O) groups excluding carboxylic acids is 1. The van der Waals surface area contributed by atoms with Gasteiger partial charge >= 0.3 is 0 Å². The molecule has 0 aliphatic heterocycles. The molecule has 1 amide bonds. The number of nitrogens with one attached hydrogen (secondary N) is 1. The Hall–Kier alpha value is -2.54. The molecule has 0 spiro atoms. The summed E-state index contributed by atoms with van der Waals surface area (Å²) in [6.07, 6.45) is 1.46.